The molecule has 3 atom stereocenters. The molecular weight excluding hydrogens is 169 g/mol. The highest BCUT2D eigenvalue weighted by Crippen LogP contribution is 2.16. The molecule has 0 heterocycles. The van der Waals surface area contributed by atoms with Gasteiger partial charge in [0, 0.05) is 6.42 Å². The molecule has 0 aromatic heterocycles. The van der Waals surface area contributed by atoms with Gasteiger partial charge in [-0.1, -0.05) is 4.57 Å². The third-order valence-corrected chi connectivity index (χ3v) is 1.72. The number of carboxylic acids is 1. The van der Waals surface area contributed by atoms with Gasteiger partial charge in [0.05, 0.1) is 0 Å². The molecule has 3 unspecified atom stereocenters. The Labute approximate surface area is 65.4 Å². The van der Waals surface area contributed by atoms with Crippen LogP contribution in [0.3, 0.4) is 0 Å². The first kappa shape index (κ1) is 10.5. The highest BCUT2D eigenvalue weighted by atomic mass is 31.1. The summed E-state index contributed by atoms with van der Waals surface area (Å²) in [5, 5.41) is 17.2. The van der Waals surface area contributed by atoms with Gasteiger partial charge in [0.1, 0.15) is 5.54 Å². The van der Waals surface area contributed by atoms with E-state index in [1.54, 1.807) is 0 Å². The van der Waals surface area contributed by atoms with Crippen LogP contribution in [-0.2, 0) is 9.36 Å². The molecule has 0 fully saturated rings. The number of hydrogen-bond acceptors (Lipinski definition) is 4. The molecule has 11 heavy (non-hydrogen) atoms. The van der Waals surface area contributed by atoms with Gasteiger partial charge < -0.3 is 15.9 Å². The number of carboxylic acid groups (broad SMARTS) is 1. The predicted octanol–water partition coefficient (Wildman–Crippen LogP) is -0.479. The van der Waals surface area contributed by atoms with Gasteiger partial charge in [-0.3, -0.25) is 4.79 Å². The molecule has 0 aliphatic heterocycles. The van der Waals surface area contributed by atoms with Crippen molar-refractivity contribution in [3.8, 4) is 0 Å². The highest BCUT2D eigenvalue weighted by Gasteiger charge is 2.33. The van der Waals surface area contributed by atoms with Crippen LogP contribution in [0.15, 0.2) is 0 Å². The number of aliphatic hydroxyl groups excluding tert-OH is 1. The van der Waals surface area contributed by atoms with Crippen LogP contribution in [0.4, 0.5) is 0 Å². The van der Waals surface area contributed by atoms with Crippen LogP contribution in [0, 0.1) is 0 Å². The zero-order valence-electron chi connectivity index (χ0n) is 6.07. The molecule has 0 bridgehead atoms. The molecule has 64 valence electrons. The second kappa shape index (κ2) is 3.76. The van der Waals surface area contributed by atoms with Crippen molar-refractivity contribution >= 4 is 14.4 Å². The minimum Gasteiger partial charge on any atom is -0.480 e. The lowest BCUT2D eigenvalue weighted by Crippen LogP contribution is -2.46. The normalized spacial score (nSPS) is 19.2. The molecule has 0 aromatic carbocycles. The maximum Gasteiger partial charge on any atom is 0.356 e. The Hall–Kier alpha value is -0.510. The summed E-state index contributed by atoms with van der Waals surface area (Å²) in [5.74, 6) is -2.36. The molecule has 0 aromatic rings. The Morgan fingerprint density at radius 1 is 1.82 bits per heavy atom. The van der Waals surface area contributed by atoms with Crippen LogP contribution < -0.4 is 5.73 Å². The minimum absolute atomic E-state index is 0.204. The van der Waals surface area contributed by atoms with Gasteiger partial charge in [0.25, 0.3) is 5.85 Å². The SMILES string of the molecule is CC(N)(CC(O)[PH+]=O)C(=O)O. The van der Waals surface area contributed by atoms with E-state index in [-0.39, 0.29) is 6.42 Å². The standard InChI is InChI=1S/C5H10NO4P/c1-5(6,4(8)9)2-3(7)11-10/h3,7H,2,6H2,1H3,(H,8,9)/p+1. The highest BCUT2D eigenvalue weighted by molar-refractivity contribution is 7.24. The number of aliphatic carboxylic acids is 1. The largest absolute Gasteiger partial charge is 0.480 e. The zero-order valence-corrected chi connectivity index (χ0v) is 7.07. The molecule has 0 spiro atoms. The summed E-state index contributed by atoms with van der Waals surface area (Å²) in [4.78, 5) is 10.3. The average molecular weight is 180 g/mol. The fraction of sp³-hybridized carbons (Fsp3) is 0.800. The van der Waals surface area contributed by atoms with Crippen LogP contribution in [-0.4, -0.2) is 27.6 Å². The third-order valence-electron chi connectivity index (χ3n) is 1.24. The van der Waals surface area contributed by atoms with Gasteiger partial charge in [-0.25, -0.2) is 0 Å². The van der Waals surface area contributed by atoms with Crippen LogP contribution in [0.2, 0.25) is 0 Å². The van der Waals surface area contributed by atoms with Gasteiger partial charge in [0.15, 0.2) is 0 Å². The molecule has 0 rings (SSSR count). The molecule has 4 N–H and O–H groups in total. The summed E-state index contributed by atoms with van der Waals surface area (Å²) in [7, 11) is -0.940. The van der Waals surface area contributed by atoms with Crippen molar-refractivity contribution < 1.29 is 19.6 Å². The Morgan fingerprint density at radius 3 is 2.55 bits per heavy atom. The van der Waals surface area contributed by atoms with Crippen molar-refractivity contribution in [2.45, 2.75) is 24.7 Å². The van der Waals surface area contributed by atoms with E-state index >= 15 is 0 Å². The number of nitrogens with two attached hydrogens (primary N) is 1. The third kappa shape index (κ3) is 3.41. The van der Waals surface area contributed by atoms with Gasteiger partial charge in [-0.15, -0.1) is 0 Å². The lowest BCUT2D eigenvalue weighted by atomic mass is 10.0. The van der Waals surface area contributed by atoms with Gasteiger partial charge in [-0.2, -0.15) is 0 Å². The van der Waals surface area contributed by atoms with Crippen molar-refractivity contribution in [2.75, 3.05) is 0 Å². The Bertz CT molecular complexity index is 170. The van der Waals surface area contributed by atoms with E-state index in [2.05, 4.69) is 0 Å². The van der Waals surface area contributed by atoms with Gasteiger partial charge in [-0.05, 0) is 6.92 Å². The number of aliphatic hydroxyl groups is 1. The van der Waals surface area contributed by atoms with Crippen LogP contribution >= 0.6 is 8.46 Å². The van der Waals surface area contributed by atoms with Crippen molar-refractivity contribution in [3.05, 3.63) is 0 Å². The van der Waals surface area contributed by atoms with Crippen molar-refractivity contribution in [2.24, 2.45) is 5.73 Å². The fourth-order valence-electron chi connectivity index (χ4n) is 0.531. The molecule has 0 saturated carbocycles. The first-order chi connectivity index (χ1) is 4.90. The Kier molecular flexibility index (Phi) is 3.58. The zero-order chi connectivity index (χ0) is 9.07. The summed E-state index contributed by atoms with van der Waals surface area (Å²) in [6.45, 7) is 1.26. The maximum absolute atomic E-state index is 10.3. The van der Waals surface area contributed by atoms with E-state index in [0.717, 1.165) is 0 Å². The summed E-state index contributed by atoms with van der Waals surface area (Å²) in [6, 6.07) is 0. The van der Waals surface area contributed by atoms with E-state index in [1.807, 2.05) is 0 Å². The van der Waals surface area contributed by atoms with E-state index < -0.39 is 25.8 Å². The Balaban J connectivity index is 4.11. The smallest absolute Gasteiger partial charge is 0.356 e. The summed E-state index contributed by atoms with van der Waals surface area (Å²) in [5.41, 5.74) is 3.74. The minimum atomic E-state index is -1.50. The molecular formula is C5H11NO4P+. The van der Waals surface area contributed by atoms with E-state index in [1.165, 1.54) is 6.92 Å². The predicted molar refractivity (Wildman–Crippen MR) is 39.9 cm³/mol. The fourth-order valence-corrected chi connectivity index (χ4v) is 1.04. The van der Waals surface area contributed by atoms with Gasteiger partial charge >= 0.3 is 14.4 Å². The van der Waals surface area contributed by atoms with Crippen LogP contribution in [0.1, 0.15) is 13.3 Å². The van der Waals surface area contributed by atoms with Crippen LogP contribution in [0.25, 0.3) is 0 Å². The monoisotopic (exact) mass is 180 g/mol. The number of rotatable bonds is 4. The molecule has 0 aliphatic rings. The topological polar surface area (TPSA) is 101 Å². The molecule has 0 saturated heterocycles. The number of hydrogen-bond donors (Lipinski definition) is 3. The lowest BCUT2D eigenvalue weighted by molar-refractivity contribution is -0.143. The molecule has 0 amide bonds. The van der Waals surface area contributed by atoms with Gasteiger partial charge in [0.2, 0.25) is 0 Å². The molecule has 6 heteroatoms. The van der Waals surface area contributed by atoms with E-state index in [9.17, 15) is 9.36 Å². The number of carbonyl (C=O) groups is 1. The second-order valence-corrected chi connectivity index (χ2v) is 3.46. The van der Waals surface area contributed by atoms with Crippen molar-refractivity contribution in [3.63, 3.8) is 0 Å². The quantitative estimate of drug-likeness (QED) is 0.507. The molecule has 0 radical (unpaired) electrons. The summed E-state index contributed by atoms with van der Waals surface area (Å²) < 4.78 is 10.1. The summed E-state index contributed by atoms with van der Waals surface area (Å²) >= 11 is 0. The van der Waals surface area contributed by atoms with Crippen molar-refractivity contribution in [1.82, 2.24) is 0 Å². The first-order valence-corrected chi connectivity index (χ1v) is 3.96. The molecule has 5 nitrogen and oxygen atoms in total. The van der Waals surface area contributed by atoms with Crippen LogP contribution in [0.5, 0.6) is 0 Å². The first-order valence-electron chi connectivity index (χ1n) is 2.98. The maximum atomic E-state index is 10.3. The second-order valence-electron chi connectivity index (χ2n) is 2.56. The van der Waals surface area contributed by atoms with Crippen molar-refractivity contribution in [1.29, 1.82) is 0 Å². The average Bonchev–Trinajstić information content (AvgIpc) is 1.86. The summed E-state index contributed by atoms with van der Waals surface area (Å²) in [6.07, 6.45) is -0.204. The molecule has 0 aliphatic carbocycles. The van der Waals surface area contributed by atoms with E-state index in [0.29, 0.717) is 0 Å². The lowest BCUT2D eigenvalue weighted by Gasteiger charge is -2.16. The Morgan fingerprint density at radius 2 is 2.27 bits per heavy atom. The van der Waals surface area contributed by atoms with E-state index in [4.69, 9.17) is 15.9 Å².